The predicted octanol–water partition coefficient (Wildman–Crippen LogP) is 4.55. The molecular weight excluding hydrogens is 373 g/mol. The van der Waals surface area contributed by atoms with E-state index in [1.165, 1.54) is 23.9 Å². The molecule has 0 bridgehead atoms. The molecule has 0 saturated heterocycles. The van der Waals surface area contributed by atoms with Crippen LogP contribution in [0.3, 0.4) is 0 Å². The van der Waals surface area contributed by atoms with E-state index in [1.54, 1.807) is 24.3 Å². The van der Waals surface area contributed by atoms with Crippen molar-refractivity contribution in [3.63, 3.8) is 0 Å². The largest absolute Gasteiger partial charge is 0.297 e. The molecule has 5 nitrogen and oxygen atoms in total. The number of benzene rings is 2. The highest BCUT2D eigenvalue weighted by atomic mass is 32.2. The van der Waals surface area contributed by atoms with Crippen molar-refractivity contribution in [2.24, 2.45) is 0 Å². The lowest BCUT2D eigenvalue weighted by Gasteiger charge is -2.10. The summed E-state index contributed by atoms with van der Waals surface area (Å²) in [5.74, 6) is 0.341. The van der Waals surface area contributed by atoms with Crippen molar-refractivity contribution in [1.82, 2.24) is 19.7 Å². The molecule has 0 saturated carbocycles. The van der Waals surface area contributed by atoms with Gasteiger partial charge >= 0.3 is 0 Å². The van der Waals surface area contributed by atoms with Gasteiger partial charge in [-0.2, -0.15) is 5.26 Å². The van der Waals surface area contributed by atoms with Crippen molar-refractivity contribution in [2.75, 3.05) is 0 Å². The van der Waals surface area contributed by atoms with Crippen molar-refractivity contribution in [2.45, 2.75) is 16.7 Å². The molecule has 0 aliphatic rings. The monoisotopic (exact) mass is 387 g/mol. The fraction of sp³-hybridized carbons (Fsp3) is 0.0476. The number of hydrogen-bond acceptors (Lipinski definition) is 5. The third kappa shape index (κ3) is 3.92. The van der Waals surface area contributed by atoms with E-state index in [4.69, 9.17) is 5.26 Å². The van der Waals surface area contributed by atoms with Gasteiger partial charge in [-0.25, -0.2) is 9.37 Å². The summed E-state index contributed by atoms with van der Waals surface area (Å²) in [6.07, 6.45) is 0. The first kappa shape index (κ1) is 17.9. The SMILES string of the molecule is N#Cc1cccc(Sc2nnc(-c3ccc(F)cc3)n2Cc2ccccc2)n1. The molecule has 0 unspecified atom stereocenters. The standard InChI is InChI=1S/C21H14FN5S/c22-17-11-9-16(10-12-17)20-25-26-21(27(20)14-15-5-2-1-3-6-15)28-19-8-4-7-18(13-23)24-19/h1-12H,14H2. The van der Waals surface area contributed by atoms with E-state index in [9.17, 15) is 4.39 Å². The van der Waals surface area contributed by atoms with E-state index in [2.05, 4.69) is 15.2 Å². The summed E-state index contributed by atoms with van der Waals surface area (Å²) in [6.45, 7) is 0.556. The van der Waals surface area contributed by atoms with Crippen molar-refractivity contribution in [3.05, 3.63) is 89.9 Å². The zero-order valence-corrected chi connectivity index (χ0v) is 15.5. The number of nitriles is 1. The highest BCUT2D eigenvalue weighted by Gasteiger charge is 2.16. The Labute approximate surface area is 165 Å². The van der Waals surface area contributed by atoms with Gasteiger partial charge in [-0.05, 0) is 53.7 Å². The van der Waals surface area contributed by atoms with Crippen molar-refractivity contribution >= 4 is 11.8 Å². The van der Waals surface area contributed by atoms with Crippen molar-refractivity contribution < 1.29 is 4.39 Å². The summed E-state index contributed by atoms with van der Waals surface area (Å²) in [7, 11) is 0. The van der Waals surface area contributed by atoms with E-state index in [0.29, 0.717) is 28.2 Å². The van der Waals surface area contributed by atoms with Crippen LogP contribution in [0.4, 0.5) is 4.39 Å². The number of halogens is 1. The highest BCUT2D eigenvalue weighted by Crippen LogP contribution is 2.29. The van der Waals surface area contributed by atoms with E-state index in [-0.39, 0.29) is 5.82 Å². The Morgan fingerprint density at radius 3 is 2.46 bits per heavy atom. The minimum absolute atomic E-state index is 0.301. The minimum atomic E-state index is -0.301. The summed E-state index contributed by atoms with van der Waals surface area (Å²) in [4.78, 5) is 4.30. The van der Waals surface area contributed by atoms with Crippen LogP contribution in [0.1, 0.15) is 11.3 Å². The minimum Gasteiger partial charge on any atom is -0.297 e. The molecule has 0 spiro atoms. The molecule has 0 amide bonds. The van der Waals surface area contributed by atoms with Crippen molar-refractivity contribution in [1.29, 1.82) is 5.26 Å². The van der Waals surface area contributed by atoms with Gasteiger partial charge in [0.1, 0.15) is 22.6 Å². The smallest absolute Gasteiger partial charge is 0.198 e. The van der Waals surface area contributed by atoms with Gasteiger partial charge in [0.25, 0.3) is 0 Å². The molecule has 4 rings (SSSR count). The Balaban J connectivity index is 1.75. The van der Waals surface area contributed by atoms with Gasteiger partial charge in [0.15, 0.2) is 11.0 Å². The van der Waals surface area contributed by atoms with Crippen LogP contribution in [0.25, 0.3) is 11.4 Å². The van der Waals surface area contributed by atoms with Crippen LogP contribution in [0.15, 0.2) is 83.0 Å². The number of aromatic nitrogens is 4. The molecule has 0 aliphatic heterocycles. The molecule has 0 aliphatic carbocycles. The van der Waals surface area contributed by atoms with Crippen LogP contribution in [-0.2, 0) is 6.54 Å². The summed E-state index contributed by atoms with van der Waals surface area (Å²) in [5, 5.41) is 19.0. The second kappa shape index (κ2) is 8.03. The van der Waals surface area contributed by atoms with Crippen LogP contribution < -0.4 is 0 Å². The van der Waals surface area contributed by atoms with Gasteiger partial charge in [0.05, 0.1) is 6.54 Å². The molecule has 0 fully saturated rings. The quantitative estimate of drug-likeness (QED) is 0.502. The lowest BCUT2D eigenvalue weighted by molar-refractivity contribution is 0.628. The number of nitrogens with zero attached hydrogens (tertiary/aromatic N) is 5. The van der Waals surface area contributed by atoms with Gasteiger partial charge < -0.3 is 0 Å². The van der Waals surface area contributed by atoms with Crippen LogP contribution >= 0.6 is 11.8 Å². The normalized spacial score (nSPS) is 10.6. The lowest BCUT2D eigenvalue weighted by Crippen LogP contribution is -2.04. The van der Waals surface area contributed by atoms with E-state index in [0.717, 1.165) is 11.1 Å². The number of pyridine rings is 1. The van der Waals surface area contributed by atoms with Crippen molar-refractivity contribution in [3.8, 4) is 17.5 Å². The molecule has 136 valence electrons. The molecule has 2 heterocycles. The van der Waals surface area contributed by atoms with Crippen LogP contribution in [0.2, 0.25) is 0 Å². The fourth-order valence-corrected chi connectivity index (χ4v) is 3.53. The summed E-state index contributed by atoms with van der Waals surface area (Å²) in [6, 6.07) is 23.4. The second-order valence-corrected chi connectivity index (χ2v) is 6.95. The maximum atomic E-state index is 13.3. The maximum Gasteiger partial charge on any atom is 0.198 e. The van der Waals surface area contributed by atoms with Crippen LogP contribution in [0, 0.1) is 17.1 Å². The second-order valence-electron chi connectivity index (χ2n) is 5.96. The first-order valence-corrected chi connectivity index (χ1v) is 9.32. The maximum absolute atomic E-state index is 13.3. The summed E-state index contributed by atoms with van der Waals surface area (Å²) in [5.41, 5.74) is 2.21. The molecule has 7 heteroatoms. The van der Waals surface area contributed by atoms with Gasteiger partial charge in [0, 0.05) is 5.56 Å². The topological polar surface area (TPSA) is 67.4 Å². The van der Waals surface area contributed by atoms with E-state index >= 15 is 0 Å². The molecular formula is C21H14FN5S. The average Bonchev–Trinajstić information content (AvgIpc) is 3.11. The first-order valence-electron chi connectivity index (χ1n) is 8.51. The molecule has 2 aromatic carbocycles. The lowest BCUT2D eigenvalue weighted by atomic mass is 10.2. The van der Waals surface area contributed by atoms with Crippen LogP contribution in [0.5, 0.6) is 0 Å². The fourth-order valence-electron chi connectivity index (χ4n) is 2.71. The van der Waals surface area contributed by atoms with Gasteiger partial charge in [-0.15, -0.1) is 10.2 Å². The molecule has 2 aromatic heterocycles. The Morgan fingerprint density at radius 2 is 1.71 bits per heavy atom. The zero-order chi connectivity index (χ0) is 19.3. The molecule has 4 aromatic rings. The average molecular weight is 387 g/mol. The number of hydrogen-bond donors (Lipinski definition) is 0. The molecule has 0 radical (unpaired) electrons. The third-order valence-electron chi connectivity index (χ3n) is 4.04. The van der Waals surface area contributed by atoms with Gasteiger partial charge in [-0.3, -0.25) is 4.57 Å². The van der Waals surface area contributed by atoms with E-state index < -0.39 is 0 Å². The Kier molecular flexibility index (Phi) is 5.13. The predicted molar refractivity (Wildman–Crippen MR) is 104 cm³/mol. The zero-order valence-electron chi connectivity index (χ0n) is 14.7. The Hall–Kier alpha value is -3.50. The molecule has 28 heavy (non-hydrogen) atoms. The third-order valence-corrected chi connectivity index (χ3v) is 4.96. The van der Waals surface area contributed by atoms with Gasteiger partial charge in [-0.1, -0.05) is 36.4 Å². The summed E-state index contributed by atoms with van der Waals surface area (Å²) < 4.78 is 15.3. The number of rotatable bonds is 5. The van der Waals surface area contributed by atoms with Gasteiger partial charge in [0.2, 0.25) is 0 Å². The highest BCUT2D eigenvalue weighted by molar-refractivity contribution is 7.99. The van der Waals surface area contributed by atoms with E-state index in [1.807, 2.05) is 47.0 Å². The Morgan fingerprint density at radius 1 is 0.929 bits per heavy atom. The van der Waals surface area contributed by atoms with Crippen LogP contribution in [-0.4, -0.2) is 19.7 Å². The first-order chi connectivity index (χ1) is 13.7. The Bertz CT molecular complexity index is 1130. The summed E-state index contributed by atoms with van der Waals surface area (Å²) >= 11 is 1.33. The molecule has 0 N–H and O–H groups in total. The molecule has 0 atom stereocenters.